The van der Waals surface area contributed by atoms with Gasteiger partial charge in [-0.05, 0) is 37.0 Å². The zero-order valence-electron chi connectivity index (χ0n) is 16.5. The molecule has 2 aromatic heterocycles. The lowest BCUT2D eigenvalue weighted by molar-refractivity contribution is -0.227. The molecule has 1 aliphatic heterocycles. The lowest BCUT2D eigenvalue weighted by atomic mass is 9.35. The fourth-order valence-corrected chi connectivity index (χ4v) is 5.38. The first kappa shape index (κ1) is 18.4. The highest BCUT2D eigenvalue weighted by Crippen LogP contribution is 2.74. The van der Waals surface area contributed by atoms with Crippen molar-refractivity contribution in [3.8, 4) is 5.88 Å². The monoisotopic (exact) mass is 423 g/mol. The maximum Gasteiger partial charge on any atom is 0.249 e. The zero-order valence-corrected chi connectivity index (χ0v) is 16.5. The summed E-state index contributed by atoms with van der Waals surface area (Å²) in [5.74, 6) is -0.861. The van der Waals surface area contributed by atoms with Crippen molar-refractivity contribution in [2.75, 3.05) is 6.61 Å². The van der Waals surface area contributed by atoms with Crippen LogP contribution in [0.5, 0.6) is 5.88 Å². The second-order valence-corrected chi connectivity index (χ2v) is 8.92. The van der Waals surface area contributed by atoms with E-state index >= 15 is 0 Å². The van der Waals surface area contributed by atoms with Gasteiger partial charge in [0.15, 0.2) is 5.65 Å². The van der Waals surface area contributed by atoms with Crippen molar-refractivity contribution in [3.63, 3.8) is 0 Å². The summed E-state index contributed by atoms with van der Waals surface area (Å²) in [5, 5.41) is 5.64. The number of aromatic nitrogens is 3. The van der Waals surface area contributed by atoms with Crippen molar-refractivity contribution >= 4 is 17.8 Å². The number of imidazole rings is 1. The normalized spacial score (nSPS) is 28.5. The number of carbonyl (C=O) groups excluding carboxylic acids is 1. The lowest BCUT2D eigenvalue weighted by Gasteiger charge is -2.69. The Morgan fingerprint density at radius 3 is 2.71 bits per heavy atom. The molecule has 3 aliphatic carbocycles. The van der Waals surface area contributed by atoms with Gasteiger partial charge in [0.05, 0.1) is 30.5 Å². The van der Waals surface area contributed by atoms with Crippen LogP contribution in [-0.2, 0) is 4.79 Å². The van der Waals surface area contributed by atoms with Crippen LogP contribution in [0.2, 0.25) is 0 Å². The highest BCUT2D eigenvalue weighted by atomic mass is 19.1. The molecule has 158 valence electrons. The highest BCUT2D eigenvalue weighted by Gasteiger charge is 2.73. The van der Waals surface area contributed by atoms with Crippen LogP contribution in [0.1, 0.15) is 37.3 Å². The summed E-state index contributed by atoms with van der Waals surface area (Å²) >= 11 is 0. The number of nitrogens with zero attached hydrogens (tertiary/aromatic N) is 5. The van der Waals surface area contributed by atoms with Gasteiger partial charge in [-0.1, -0.05) is 0 Å². The molecule has 2 bridgehead atoms. The molecule has 3 heterocycles. The predicted molar refractivity (Wildman–Crippen MR) is 106 cm³/mol. The van der Waals surface area contributed by atoms with Gasteiger partial charge in [0.2, 0.25) is 11.8 Å². The van der Waals surface area contributed by atoms with Crippen molar-refractivity contribution in [2.24, 2.45) is 15.9 Å². The van der Waals surface area contributed by atoms with E-state index in [-0.39, 0.29) is 11.3 Å². The Kier molecular flexibility index (Phi) is 3.75. The van der Waals surface area contributed by atoms with Crippen LogP contribution in [0.15, 0.2) is 48.1 Å². The van der Waals surface area contributed by atoms with Crippen molar-refractivity contribution in [1.82, 2.24) is 19.4 Å². The third-order valence-corrected chi connectivity index (χ3v) is 6.68. The highest BCUT2D eigenvalue weighted by molar-refractivity contribution is 5.88. The number of ether oxygens (including phenoxy) is 1. The SMILES string of the molecule is O=C(N1N=CCC1c1cc(F)cc(F)c1)C12CC(COc3cn4ccnc4cn3)(C1)C2. The fraction of sp³-hybridized carbons (Fsp3) is 0.364. The van der Waals surface area contributed by atoms with Crippen LogP contribution in [0.4, 0.5) is 8.78 Å². The van der Waals surface area contributed by atoms with Crippen molar-refractivity contribution in [2.45, 2.75) is 31.7 Å². The zero-order chi connectivity index (χ0) is 21.2. The largest absolute Gasteiger partial charge is 0.476 e. The predicted octanol–water partition coefficient (Wildman–Crippen LogP) is 3.52. The van der Waals surface area contributed by atoms with Gasteiger partial charge in [0.1, 0.15) is 11.6 Å². The maximum atomic E-state index is 13.7. The third-order valence-electron chi connectivity index (χ3n) is 6.68. The molecule has 4 aliphatic rings. The number of hydrogen-bond donors (Lipinski definition) is 0. The summed E-state index contributed by atoms with van der Waals surface area (Å²) in [5.41, 5.74) is 0.706. The number of benzene rings is 1. The van der Waals surface area contributed by atoms with E-state index in [4.69, 9.17) is 4.74 Å². The maximum absolute atomic E-state index is 13.7. The number of halogens is 2. The molecule has 1 amide bonds. The van der Waals surface area contributed by atoms with Gasteiger partial charge >= 0.3 is 0 Å². The Hall–Kier alpha value is -3.36. The van der Waals surface area contributed by atoms with E-state index in [0.29, 0.717) is 24.5 Å². The Balaban J connectivity index is 1.11. The summed E-state index contributed by atoms with van der Waals surface area (Å²) in [6.07, 6.45) is 11.2. The van der Waals surface area contributed by atoms with Gasteiger partial charge in [-0.2, -0.15) is 5.10 Å². The molecule has 7 nitrogen and oxygen atoms in total. The minimum atomic E-state index is -0.654. The van der Waals surface area contributed by atoms with Crippen LogP contribution >= 0.6 is 0 Å². The van der Waals surface area contributed by atoms with E-state index in [2.05, 4.69) is 15.1 Å². The van der Waals surface area contributed by atoms with Gasteiger partial charge in [0, 0.05) is 36.5 Å². The number of fused-ring (bicyclic) bond motifs is 1. The van der Waals surface area contributed by atoms with Gasteiger partial charge in [-0.3, -0.25) is 4.79 Å². The summed E-state index contributed by atoms with van der Waals surface area (Å²) in [7, 11) is 0. The number of rotatable bonds is 5. The van der Waals surface area contributed by atoms with Crippen molar-refractivity contribution in [1.29, 1.82) is 0 Å². The number of hydrogen-bond acceptors (Lipinski definition) is 5. The Bertz CT molecular complexity index is 1200. The molecule has 3 fully saturated rings. The second kappa shape index (κ2) is 6.32. The molecular formula is C22H19F2N5O2. The van der Waals surface area contributed by atoms with Crippen molar-refractivity contribution < 1.29 is 18.3 Å². The molecule has 0 radical (unpaired) electrons. The molecule has 3 aromatic rings. The van der Waals surface area contributed by atoms with E-state index in [0.717, 1.165) is 31.0 Å². The van der Waals surface area contributed by atoms with Crippen LogP contribution < -0.4 is 4.74 Å². The van der Waals surface area contributed by atoms with Crippen LogP contribution in [0.3, 0.4) is 0 Å². The number of amides is 1. The standard InChI is InChI=1S/C22H19F2N5O2/c23-15-5-14(6-16(24)7-15)17-1-2-27-29(17)20(30)22-10-21(11-22,12-22)13-31-19-9-28-4-3-25-18(28)8-26-19/h2-9,17H,1,10-13H2. The van der Waals surface area contributed by atoms with Crippen LogP contribution in [0.25, 0.3) is 5.65 Å². The first-order valence-corrected chi connectivity index (χ1v) is 10.2. The van der Waals surface area contributed by atoms with Gasteiger partial charge in [-0.25, -0.2) is 23.8 Å². The topological polar surface area (TPSA) is 72.1 Å². The molecule has 7 rings (SSSR count). The van der Waals surface area contributed by atoms with E-state index in [1.54, 1.807) is 24.8 Å². The van der Waals surface area contributed by atoms with Crippen LogP contribution in [-0.4, -0.2) is 38.1 Å². The second-order valence-electron chi connectivity index (χ2n) is 8.92. The lowest BCUT2D eigenvalue weighted by Crippen LogP contribution is -2.69. The number of carbonyl (C=O) groups is 1. The number of hydrazone groups is 1. The molecule has 1 atom stereocenters. The van der Waals surface area contributed by atoms with Gasteiger partial charge < -0.3 is 9.14 Å². The molecular weight excluding hydrogens is 404 g/mol. The smallest absolute Gasteiger partial charge is 0.249 e. The van der Waals surface area contributed by atoms with E-state index in [9.17, 15) is 13.6 Å². The first-order valence-electron chi connectivity index (χ1n) is 10.2. The summed E-state index contributed by atoms with van der Waals surface area (Å²) < 4.78 is 35.1. The van der Waals surface area contributed by atoms with E-state index < -0.39 is 23.1 Å². The van der Waals surface area contributed by atoms with E-state index in [1.165, 1.54) is 17.1 Å². The summed E-state index contributed by atoms with van der Waals surface area (Å²) in [6.45, 7) is 0.497. The molecule has 1 unspecified atom stereocenters. The Morgan fingerprint density at radius 2 is 1.94 bits per heavy atom. The molecule has 9 heteroatoms. The Morgan fingerprint density at radius 1 is 1.16 bits per heavy atom. The quantitative estimate of drug-likeness (QED) is 0.630. The minimum Gasteiger partial charge on any atom is -0.476 e. The molecule has 31 heavy (non-hydrogen) atoms. The molecule has 0 saturated heterocycles. The fourth-order valence-electron chi connectivity index (χ4n) is 5.38. The minimum absolute atomic E-state index is 0.0227. The third kappa shape index (κ3) is 2.83. The molecule has 0 N–H and O–H groups in total. The van der Waals surface area contributed by atoms with Gasteiger partial charge in [0.25, 0.3) is 0 Å². The average Bonchev–Trinajstić information content (AvgIpc) is 3.34. The van der Waals surface area contributed by atoms with Gasteiger partial charge in [-0.15, -0.1) is 0 Å². The first-order chi connectivity index (χ1) is 15.0. The molecule has 3 saturated carbocycles. The Labute approximate surface area is 176 Å². The molecule has 1 aromatic carbocycles. The average molecular weight is 423 g/mol. The van der Waals surface area contributed by atoms with Crippen molar-refractivity contribution in [3.05, 3.63) is 60.2 Å². The van der Waals surface area contributed by atoms with Crippen LogP contribution in [0, 0.1) is 22.5 Å². The summed E-state index contributed by atoms with van der Waals surface area (Å²) in [6, 6.07) is 2.90. The van der Waals surface area contributed by atoms with E-state index in [1.807, 2.05) is 10.6 Å². The summed E-state index contributed by atoms with van der Waals surface area (Å²) in [4.78, 5) is 21.7. The molecule has 0 spiro atoms.